The quantitative estimate of drug-likeness (QED) is 0.750. The number of piperidine rings is 1. The van der Waals surface area contributed by atoms with Gasteiger partial charge in [-0.3, -0.25) is 4.90 Å². The van der Waals surface area contributed by atoms with Crippen LogP contribution in [0, 0.1) is 5.92 Å². The van der Waals surface area contributed by atoms with E-state index in [0.717, 1.165) is 32.5 Å². The van der Waals surface area contributed by atoms with Gasteiger partial charge in [0, 0.05) is 32.8 Å². The molecule has 2 atom stereocenters. The normalized spacial score (nSPS) is 30.8. The molecule has 0 unspecified atom stereocenters. The van der Waals surface area contributed by atoms with Gasteiger partial charge in [0.1, 0.15) is 0 Å². The Labute approximate surface area is 117 Å². The van der Waals surface area contributed by atoms with Crippen molar-refractivity contribution in [3.8, 4) is 0 Å². The minimum absolute atomic E-state index is 0.473. The van der Waals surface area contributed by atoms with E-state index < -0.39 is 10.0 Å². The molecule has 0 spiro atoms. The van der Waals surface area contributed by atoms with Gasteiger partial charge in [0.05, 0.1) is 12.9 Å². The molecule has 2 saturated heterocycles. The number of rotatable bonds is 5. The van der Waals surface area contributed by atoms with Gasteiger partial charge in [-0.25, -0.2) is 12.7 Å². The predicted octanol–water partition coefficient (Wildman–Crippen LogP) is 0.769. The third-order valence-corrected chi connectivity index (χ3v) is 5.57. The highest BCUT2D eigenvalue weighted by Crippen LogP contribution is 2.24. The lowest BCUT2D eigenvalue weighted by atomic mass is 9.99. The fourth-order valence-electron chi connectivity index (χ4n) is 3.33. The molecule has 5 nitrogen and oxygen atoms in total. The van der Waals surface area contributed by atoms with Gasteiger partial charge in [-0.1, -0.05) is 0 Å². The van der Waals surface area contributed by atoms with Crippen LogP contribution in [0.5, 0.6) is 0 Å². The molecule has 0 N–H and O–H groups in total. The van der Waals surface area contributed by atoms with Crippen molar-refractivity contribution in [1.82, 2.24) is 9.21 Å². The molecular weight excluding hydrogens is 264 g/mol. The molecule has 0 amide bonds. The summed E-state index contributed by atoms with van der Waals surface area (Å²) in [5, 5.41) is 0. The Kier molecular flexibility index (Phi) is 5.22. The zero-order valence-electron chi connectivity index (χ0n) is 12.0. The smallest absolute Gasteiger partial charge is 0.211 e. The van der Waals surface area contributed by atoms with Crippen molar-refractivity contribution in [2.75, 3.05) is 46.2 Å². The average molecular weight is 290 g/mol. The first-order valence-electron chi connectivity index (χ1n) is 7.19. The number of methoxy groups -OCH3 is 1. The van der Waals surface area contributed by atoms with Gasteiger partial charge < -0.3 is 4.74 Å². The summed E-state index contributed by atoms with van der Waals surface area (Å²) in [6, 6.07) is 0.526. The van der Waals surface area contributed by atoms with E-state index in [1.807, 2.05) is 0 Å². The van der Waals surface area contributed by atoms with Gasteiger partial charge in [0.15, 0.2) is 0 Å². The van der Waals surface area contributed by atoms with Crippen molar-refractivity contribution in [3.05, 3.63) is 0 Å². The molecule has 6 heteroatoms. The van der Waals surface area contributed by atoms with Gasteiger partial charge in [0.25, 0.3) is 0 Å². The van der Waals surface area contributed by atoms with Crippen LogP contribution >= 0.6 is 0 Å². The first kappa shape index (κ1) is 15.2. The number of hydrogen-bond donors (Lipinski definition) is 0. The van der Waals surface area contributed by atoms with Gasteiger partial charge >= 0.3 is 0 Å². The van der Waals surface area contributed by atoms with Crippen molar-refractivity contribution in [1.29, 1.82) is 0 Å². The molecule has 2 fully saturated rings. The molecule has 2 aliphatic heterocycles. The van der Waals surface area contributed by atoms with E-state index in [1.54, 1.807) is 11.4 Å². The molecule has 19 heavy (non-hydrogen) atoms. The Morgan fingerprint density at radius 2 is 1.95 bits per heavy atom. The molecule has 2 heterocycles. The van der Waals surface area contributed by atoms with Crippen LogP contribution < -0.4 is 0 Å². The summed E-state index contributed by atoms with van der Waals surface area (Å²) in [7, 11) is -1.27. The number of sulfonamides is 1. The second-order valence-corrected chi connectivity index (χ2v) is 7.86. The predicted molar refractivity (Wildman–Crippen MR) is 75.6 cm³/mol. The lowest BCUT2D eigenvalue weighted by Crippen LogP contribution is -2.45. The first-order chi connectivity index (χ1) is 9.00. The average Bonchev–Trinajstić information content (AvgIpc) is 2.77. The van der Waals surface area contributed by atoms with Gasteiger partial charge in [-0.2, -0.15) is 0 Å². The summed E-state index contributed by atoms with van der Waals surface area (Å²) in [6.07, 6.45) is 5.88. The molecule has 2 aliphatic rings. The summed E-state index contributed by atoms with van der Waals surface area (Å²) in [4.78, 5) is 2.49. The van der Waals surface area contributed by atoms with E-state index in [0.29, 0.717) is 25.0 Å². The first-order valence-corrected chi connectivity index (χ1v) is 9.03. The van der Waals surface area contributed by atoms with Crippen LogP contribution in [-0.4, -0.2) is 69.8 Å². The maximum atomic E-state index is 11.6. The molecular formula is C13H26N2O3S. The maximum Gasteiger partial charge on any atom is 0.211 e. The monoisotopic (exact) mass is 290 g/mol. The van der Waals surface area contributed by atoms with Crippen LogP contribution in [0.3, 0.4) is 0 Å². The van der Waals surface area contributed by atoms with Crippen molar-refractivity contribution in [2.45, 2.75) is 31.7 Å². The highest BCUT2D eigenvalue weighted by atomic mass is 32.2. The highest BCUT2D eigenvalue weighted by Gasteiger charge is 2.30. The minimum atomic E-state index is -3.03. The summed E-state index contributed by atoms with van der Waals surface area (Å²) in [6.45, 7) is 4.32. The van der Waals surface area contributed by atoms with Crippen LogP contribution in [0.4, 0.5) is 0 Å². The lowest BCUT2D eigenvalue weighted by molar-refractivity contribution is 0.0962. The molecule has 0 saturated carbocycles. The van der Waals surface area contributed by atoms with Gasteiger partial charge in [0.2, 0.25) is 10.0 Å². The molecule has 0 aromatic rings. The minimum Gasteiger partial charge on any atom is -0.383 e. The Balaban J connectivity index is 1.88. The second-order valence-electron chi connectivity index (χ2n) is 5.88. The molecule has 2 rings (SSSR count). The molecule has 0 radical (unpaired) electrons. The third-order valence-electron chi connectivity index (χ3n) is 4.30. The van der Waals surface area contributed by atoms with Gasteiger partial charge in [-0.15, -0.1) is 0 Å². The maximum absolute atomic E-state index is 11.6. The van der Waals surface area contributed by atoms with Crippen LogP contribution in [0.15, 0.2) is 0 Å². The van der Waals surface area contributed by atoms with E-state index in [2.05, 4.69) is 4.90 Å². The zero-order valence-corrected chi connectivity index (χ0v) is 12.9. The number of ether oxygens (including phenoxy) is 1. The number of hydrogen-bond acceptors (Lipinski definition) is 4. The molecule has 0 aliphatic carbocycles. The fraction of sp³-hybridized carbons (Fsp3) is 1.00. The van der Waals surface area contributed by atoms with Gasteiger partial charge in [-0.05, 0) is 38.1 Å². The third kappa shape index (κ3) is 4.15. The Morgan fingerprint density at radius 3 is 2.63 bits per heavy atom. The van der Waals surface area contributed by atoms with Crippen molar-refractivity contribution >= 4 is 10.0 Å². The zero-order chi connectivity index (χ0) is 13.9. The Hall–Kier alpha value is -0.170. The van der Waals surface area contributed by atoms with E-state index >= 15 is 0 Å². The fourth-order valence-corrected chi connectivity index (χ4v) is 4.27. The van der Waals surface area contributed by atoms with Crippen LogP contribution in [0.2, 0.25) is 0 Å². The summed E-state index contributed by atoms with van der Waals surface area (Å²) < 4.78 is 30.2. The Bertz CT molecular complexity index is 385. The summed E-state index contributed by atoms with van der Waals surface area (Å²) in [5.41, 5.74) is 0. The van der Waals surface area contributed by atoms with E-state index in [-0.39, 0.29) is 0 Å². The largest absolute Gasteiger partial charge is 0.383 e. The van der Waals surface area contributed by atoms with E-state index in [1.165, 1.54) is 19.1 Å². The molecule has 0 bridgehead atoms. The van der Waals surface area contributed by atoms with E-state index in [4.69, 9.17) is 4.74 Å². The molecule has 112 valence electrons. The highest BCUT2D eigenvalue weighted by molar-refractivity contribution is 7.88. The lowest BCUT2D eigenvalue weighted by Gasteiger charge is -2.35. The van der Waals surface area contributed by atoms with Crippen molar-refractivity contribution in [2.24, 2.45) is 5.92 Å². The molecule has 0 aromatic heterocycles. The second kappa shape index (κ2) is 6.52. The molecule has 0 aromatic carbocycles. The van der Waals surface area contributed by atoms with Crippen LogP contribution in [0.1, 0.15) is 25.7 Å². The van der Waals surface area contributed by atoms with Crippen molar-refractivity contribution < 1.29 is 13.2 Å². The number of nitrogens with zero attached hydrogens (tertiary/aromatic N) is 2. The topological polar surface area (TPSA) is 49.9 Å². The van der Waals surface area contributed by atoms with Crippen LogP contribution in [-0.2, 0) is 14.8 Å². The van der Waals surface area contributed by atoms with E-state index in [9.17, 15) is 8.42 Å². The van der Waals surface area contributed by atoms with Crippen LogP contribution in [0.25, 0.3) is 0 Å². The summed E-state index contributed by atoms with van der Waals surface area (Å²) in [5.74, 6) is 0.473. The standard InChI is InChI=1S/C13H26N2O3S/c1-18-11-13-6-4-7-14(13)9-12-5-3-8-15(10-12)19(2,16)17/h12-13H,3-11H2,1-2H3/t12-,13-/m0/s1. The Morgan fingerprint density at radius 1 is 1.21 bits per heavy atom. The number of likely N-dealkylation sites (tertiary alicyclic amines) is 1. The SMILES string of the molecule is COC[C@@H]1CCCN1C[C@@H]1CCCN(S(C)(=O)=O)C1. The summed E-state index contributed by atoms with van der Waals surface area (Å²) >= 11 is 0. The van der Waals surface area contributed by atoms with Crippen molar-refractivity contribution in [3.63, 3.8) is 0 Å².